The Morgan fingerprint density at radius 3 is 2.48 bits per heavy atom. The standard InChI is InChI=1S/C20H26O/c1-13(2)14-7-8-16-15(11-14)17(21)12-18-19(3,4)9-6-10-20(16,18)5/h7-8,11-13H,6,9-10H2,1-5H3. The maximum Gasteiger partial charge on any atom is 0.186 e. The van der Waals surface area contributed by atoms with Crippen LogP contribution in [0.1, 0.15) is 81.3 Å². The second-order valence-electron chi connectivity index (χ2n) is 7.95. The van der Waals surface area contributed by atoms with Crippen molar-refractivity contribution < 1.29 is 4.79 Å². The van der Waals surface area contributed by atoms with Gasteiger partial charge in [0.2, 0.25) is 0 Å². The molecule has 1 saturated carbocycles. The molecule has 0 bridgehead atoms. The average molecular weight is 282 g/mol. The van der Waals surface area contributed by atoms with Crippen LogP contribution in [0.2, 0.25) is 0 Å². The Bertz CT molecular complexity index is 633. The van der Waals surface area contributed by atoms with Crippen LogP contribution in [-0.2, 0) is 5.41 Å². The molecule has 3 rings (SSSR count). The molecule has 1 aromatic carbocycles. The van der Waals surface area contributed by atoms with E-state index < -0.39 is 0 Å². The highest BCUT2D eigenvalue weighted by atomic mass is 16.1. The van der Waals surface area contributed by atoms with Crippen LogP contribution in [0.25, 0.3) is 0 Å². The van der Waals surface area contributed by atoms with Gasteiger partial charge < -0.3 is 0 Å². The van der Waals surface area contributed by atoms with Gasteiger partial charge in [-0.1, -0.05) is 58.7 Å². The molecule has 21 heavy (non-hydrogen) atoms. The van der Waals surface area contributed by atoms with Crippen molar-refractivity contribution in [1.82, 2.24) is 0 Å². The molecule has 1 fully saturated rings. The number of carbonyl (C=O) groups excluding carboxylic acids is 1. The van der Waals surface area contributed by atoms with Crippen LogP contribution in [0.3, 0.4) is 0 Å². The van der Waals surface area contributed by atoms with E-state index in [9.17, 15) is 4.79 Å². The minimum atomic E-state index is 0.0422. The summed E-state index contributed by atoms with van der Waals surface area (Å²) in [5.41, 5.74) is 4.97. The Kier molecular flexibility index (Phi) is 3.16. The summed E-state index contributed by atoms with van der Waals surface area (Å²) in [4.78, 5) is 12.7. The summed E-state index contributed by atoms with van der Waals surface area (Å²) in [6.45, 7) is 11.3. The van der Waals surface area contributed by atoms with Gasteiger partial charge in [0.1, 0.15) is 0 Å². The first-order valence-corrected chi connectivity index (χ1v) is 8.17. The Morgan fingerprint density at radius 1 is 1.10 bits per heavy atom. The number of fused-ring (bicyclic) bond motifs is 3. The zero-order valence-electron chi connectivity index (χ0n) is 13.9. The molecular weight excluding hydrogens is 256 g/mol. The summed E-state index contributed by atoms with van der Waals surface area (Å²) in [5.74, 6) is 0.666. The molecule has 2 aliphatic carbocycles. The van der Waals surface area contributed by atoms with E-state index in [1.54, 1.807) is 0 Å². The zero-order valence-corrected chi connectivity index (χ0v) is 13.9. The van der Waals surface area contributed by atoms with Crippen molar-refractivity contribution in [1.29, 1.82) is 0 Å². The smallest absolute Gasteiger partial charge is 0.186 e. The van der Waals surface area contributed by atoms with E-state index in [0.717, 1.165) is 12.0 Å². The predicted molar refractivity (Wildman–Crippen MR) is 87.9 cm³/mol. The molecule has 0 spiro atoms. The molecule has 0 N–H and O–H groups in total. The number of rotatable bonds is 1. The fourth-order valence-corrected chi connectivity index (χ4v) is 4.35. The number of hydrogen-bond donors (Lipinski definition) is 0. The van der Waals surface area contributed by atoms with E-state index in [1.807, 2.05) is 6.08 Å². The van der Waals surface area contributed by atoms with E-state index >= 15 is 0 Å². The van der Waals surface area contributed by atoms with Crippen LogP contribution in [-0.4, -0.2) is 5.78 Å². The number of hydrogen-bond acceptors (Lipinski definition) is 1. The molecule has 0 aliphatic heterocycles. The van der Waals surface area contributed by atoms with Gasteiger partial charge in [-0.05, 0) is 47.4 Å². The molecular formula is C20H26O. The fraction of sp³-hybridized carbons (Fsp3) is 0.550. The molecule has 0 aromatic heterocycles. The van der Waals surface area contributed by atoms with E-state index in [2.05, 4.69) is 52.8 Å². The van der Waals surface area contributed by atoms with Crippen molar-refractivity contribution in [2.75, 3.05) is 0 Å². The van der Waals surface area contributed by atoms with Crippen molar-refractivity contribution in [2.24, 2.45) is 5.41 Å². The minimum Gasteiger partial charge on any atom is -0.289 e. The number of carbonyl (C=O) groups is 1. The number of benzene rings is 1. The maximum atomic E-state index is 12.7. The molecule has 0 radical (unpaired) electrons. The van der Waals surface area contributed by atoms with Crippen molar-refractivity contribution >= 4 is 5.78 Å². The Labute approximate surface area is 128 Å². The molecule has 1 unspecified atom stereocenters. The molecule has 1 heteroatoms. The number of allylic oxidation sites excluding steroid dienone is 2. The van der Waals surface area contributed by atoms with Crippen molar-refractivity contribution in [3.8, 4) is 0 Å². The molecule has 1 nitrogen and oxygen atoms in total. The molecule has 1 atom stereocenters. The topological polar surface area (TPSA) is 17.1 Å². The van der Waals surface area contributed by atoms with Crippen LogP contribution >= 0.6 is 0 Å². The first-order chi connectivity index (χ1) is 9.75. The lowest BCUT2D eigenvalue weighted by molar-refractivity contribution is 0.103. The van der Waals surface area contributed by atoms with Gasteiger partial charge in [-0.3, -0.25) is 4.79 Å². The van der Waals surface area contributed by atoms with Gasteiger partial charge in [0, 0.05) is 11.0 Å². The summed E-state index contributed by atoms with van der Waals surface area (Å²) < 4.78 is 0. The van der Waals surface area contributed by atoms with E-state index in [0.29, 0.717) is 5.92 Å². The Morgan fingerprint density at radius 2 is 1.81 bits per heavy atom. The summed E-state index contributed by atoms with van der Waals surface area (Å²) in [6, 6.07) is 6.56. The maximum absolute atomic E-state index is 12.7. The molecule has 0 heterocycles. The summed E-state index contributed by atoms with van der Waals surface area (Å²) in [5, 5.41) is 0. The molecule has 1 aromatic rings. The van der Waals surface area contributed by atoms with Gasteiger partial charge in [0.15, 0.2) is 5.78 Å². The van der Waals surface area contributed by atoms with Gasteiger partial charge in [-0.25, -0.2) is 0 Å². The van der Waals surface area contributed by atoms with E-state index in [-0.39, 0.29) is 16.6 Å². The van der Waals surface area contributed by atoms with Crippen molar-refractivity contribution in [3.63, 3.8) is 0 Å². The first kappa shape index (κ1) is 14.6. The largest absolute Gasteiger partial charge is 0.289 e. The highest BCUT2D eigenvalue weighted by molar-refractivity contribution is 6.08. The van der Waals surface area contributed by atoms with E-state index in [4.69, 9.17) is 0 Å². The molecule has 0 amide bonds. The molecule has 112 valence electrons. The van der Waals surface area contributed by atoms with Gasteiger partial charge in [0.25, 0.3) is 0 Å². The summed E-state index contributed by atoms with van der Waals surface area (Å²) in [6.07, 6.45) is 5.52. The lowest BCUT2D eigenvalue weighted by atomic mass is 9.55. The van der Waals surface area contributed by atoms with Crippen LogP contribution in [0.5, 0.6) is 0 Å². The third-order valence-corrected chi connectivity index (χ3v) is 5.65. The second-order valence-corrected chi connectivity index (χ2v) is 7.95. The zero-order chi connectivity index (χ0) is 15.4. The SMILES string of the molecule is CC(C)c1ccc2c(c1)C(=O)C=C1C(C)(C)CCCC12C. The third kappa shape index (κ3) is 2.09. The van der Waals surface area contributed by atoms with Crippen LogP contribution < -0.4 is 0 Å². The normalized spacial score (nSPS) is 27.1. The fourth-order valence-electron chi connectivity index (χ4n) is 4.35. The highest BCUT2D eigenvalue weighted by Gasteiger charge is 2.46. The molecule has 2 aliphatic rings. The van der Waals surface area contributed by atoms with Gasteiger partial charge in [0.05, 0.1) is 0 Å². The van der Waals surface area contributed by atoms with Gasteiger partial charge in [-0.15, -0.1) is 0 Å². The minimum absolute atomic E-state index is 0.0422. The second kappa shape index (κ2) is 4.56. The summed E-state index contributed by atoms with van der Waals surface area (Å²) >= 11 is 0. The third-order valence-electron chi connectivity index (χ3n) is 5.65. The van der Waals surface area contributed by atoms with Crippen LogP contribution in [0, 0.1) is 5.41 Å². The van der Waals surface area contributed by atoms with Crippen molar-refractivity contribution in [3.05, 3.63) is 46.5 Å². The Hall–Kier alpha value is -1.37. The first-order valence-electron chi connectivity index (χ1n) is 8.17. The summed E-state index contributed by atoms with van der Waals surface area (Å²) in [7, 11) is 0. The van der Waals surface area contributed by atoms with E-state index in [1.165, 1.54) is 29.5 Å². The van der Waals surface area contributed by atoms with Gasteiger partial charge in [-0.2, -0.15) is 0 Å². The quantitative estimate of drug-likeness (QED) is 0.674. The van der Waals surface area contributed by atoms with Crippen LogP contribution in [0.4, 0.5) is 0 Å². The predicted octanol–water partition coefficient (Wildman–Crippen LogP) is 5.40. The highest BCUT2D eigenvalue weighted by Crippen LogP contribution is 2.54. The number of ketones is 1. The Balaban J connectivity index is 2.20. The van der Waals surface area contributed by atoms with Gasteiger partial charge >= 0.3 is 0 Å². The lowest BCUT2D eigenvalue weighted by Gasteiger charge is -2.48. The monoisotopic (exact) mass is 282 g/mol. The molecule has 0 saturated heterocycles. The lowest BCUT2D eigenvalue weighted by Crippen LogP contribution is -2.41. The average Bonchev–Trinajstić information content (AvgIpc) is 2.41. The van der Waals surface area contributed by atoms with Crippen molar-refractivity contribution in [2.45, 2.75) is 65.2 Å². The van der Waals surface area contributed by atoms with Crippen LogP contribution in [0.15, 0.2) is 29.8 Å².